The van der Waals surface area contributed by atoms with Crippen LogP contribution in [0.3, 0.4) is 0 Å². The van der Waals surface area contributed by atoms with Crippen LogP contribution in [-0.2, 0) is 23.9 Å². The van der Waals surface area contributed by atoms with Gasteiger partial charge < -0.3 is 25.6 Å². The van der Waals surface area contributed by atoms with Crippen molar-refractivity contribution in [1.82, 2.24) is 10.6 Å². The van der Waals surface area contributed by atoms with Gasteiger partial charge in [-0.3, -0.25) is 14.4 Å². The number of carbonyl (C=O) groups is 4. The van der Waals surface area contributed by atoms with Gasteiger partial charge in [-0.2, -0.15) is 0 Å². The number of aliphatic hydroxyl groups is 1. The van der Waals surface area contributed by atoms with Crippen molar-refractivity contribution in [2.75, 3.05) is 13.2 Å². The summed E-state index contributed by atoms with van der Waals surface area (Å²) in [5.41, 5.74) is 0. The number of hydrogen-bond donors (Lipinski definition) is 4. The Morgan fingerprint density at radius 2 is 1.10 bits per heavy atom. The van der Waals surface area contributed by atoms with Gasteiger partial charge in [-0.25, -0.2) is 4.79 Å². The van der Waals surface area contributed by atoms with Gasteiger partial charge in [0.15, 0.2) is 0 Å². The molecule has 4 N–H and O–H groups in total. The van der Waals surface area contributed by atoms with E-state index in [1.165, 1.54) is 57.8 Å². The van der Waals surface area contributed by atoms with E-state index in [9.17, 15) is 19.2 Å². The van der Waals surface area contributed by atoms with Crippen molar-refractivity contribution < 1.29 is 34.1 Å². The Hall–Kier alpha value is -3.20. The number of carboxylic acids is 1. The minimum atomic E-state index is -1.39. The highest BCUT2D eigenvalue weighted by atomic mass is 16.5. The van der Waals surface area contributed by atoms with Gasteiger partial charge in [0.05, 0.1) is 13.2 Å². The van der Waals surface area contributed by atoms with Crippen molar-refractivity contribution in [3.63, 3.8) is 0 Å². The van der Waals surface area contributed by atoms with Crippen molar-refractivity contribution in [2.24, 2.45) is 0 Å². The molecule has 0 bridgehead atoms. The van der Waals surface area contributed by atoms with E-state index in [4.69, 9.17) is 14.9 Å². The van der Waals surface area contributed by atoms with Crippen LogP contribution in [0, 0.1) is 0 Å². The average Bonchev–Trinajstić information content (AvgIpc) is 3.13. The standard InChI is InChI=1S/C43H74N2O7/c1-3-5-7-9-11-13-15-16-18-19-21-24-28-32-38(52-42(49)35-31-27-22-20-17-14-12-10-8-6-4-2)33-29-25-23-26-30-34-40(47)44-36-41(48)45-39(37-46)43(50)51/h5,7,11,13,16,18,21,24,38-39,46H,3-4,6,8-10,12,14-15,17,19-20,22-23,25-37H2,1-2H3,(H,44,47)(H,45,48)(H,50,51)/b7-5-,13-11-,18-16-,24-21-. The van der Waals surface area contributed by atoms with Crippen LogP contribution >= 0.6 is 0 Å². The van der Waals surface area contributed by atoms with Gasteiger partial charge >= 0.3 is 11.9 Å². The Kier molecular flexibility index (Phi) is 35.2. The fourth-order valence-corrected chi connectivity index (χ4v) is 5.71. The van der Waals surface area contributed by atoms with Crippen LogP contribution < -0.4 is 10.6 Å². The Morgan fingerprint density at radius 1 is 0.596 bits per heavy atom. The van der Waals surface area contributed by atoms with E-state index >= 15 is 0 Å². The molecule has 52 heavy (non-hydrogen) atoms. The molecule has 0 radical (unpaired) electrons. The number of amides is 2. The van der Waals surface area contributed by atoms with Crippen molar-refractivity contribution in [1.29, 1.82) is 0 Å². The SMILES string of the molecule is CC/C=C\C/C=C\C/C=C\C/C=C\CCC(CCCCCCCC(=O)NCC(=O)NC(CO)C(=O)O)OC(=O)CCCCCCCCCCCCC. The monoisotopic (exact) mass is 731 g/mol. The average molecular weight is 731 g/mol. The molecule has 0 saturated carbocycles. The number of ether oxygens (including phenoxy) is 1. The number of allylic oxidation sites excluding steroid dienone is 8. The number of esters is 1. The molecule has 9 nitrogen and oxygen atoms in total. The number of aliphatic carboxylic acids is 1. The summed E-state index contributed by atoms with van der Waals surface area (Å²) in [6, 6.07) is -1.39. The summed E-state index contributed by atoms with van der Waals surface area (Å²) in [6.45, 7) is 3.34. The zero-order valence-corrected chi connectivity index (χ0v) is 32.8. The molecule has 0 spiro atoms. The van der Waals surface area contributed by atoms with Gasteiger partial charge in [0.2, 0.25) is 11.8 Å². The van der Waals surface area contributed by atoms with Crippen LogP contribution in [0.5, 0.6) is 0 Å². The minimum absolute atomic E-state index is 0.0828. The lowest BCUT2D eigenvalue weighted by Crippen LogP contribution is -2.47. The largest absolute Gasteiger partial charge is 0.480 e. The second-order valence-corrected chi connectivity index (χ2v) is 13.7. The number of carboxylic acid groups (broad SMARTS) is 1. The third kappa shape index (κ3) is 33.9. The number of rotatable bonds is 36. The van der Waals surface area contributed by atoms with Crippen LogP contribution in [0.2, 0.25) is 0 Å². The Morgan fingerprint density at radius 3 is 1.63 bits per heavy atom. The first kappa shape index (κ1) is 48.8. The quantitative estimate of drug-likeness (QED) is 0.0286. The molecule has 2 unspecified atom stereocenters. The van der Waals surface area contributed by atoms with E-state index < -0.39 is 24.5 Å². The molecule has 2 amide bonds. The summed E-state index contributed by atoms with van der Waals surface area (Å²) in [5.74, 6) is -2.35. The first-order valence-electron chi connectivity index (χ1n) is 20.5. The molecule has 0 heterocycles. The third-order valence-electron chi connectivity index (χ3n) is 8.85. The van der Waals surface area contributed by atoms with Gasteiger partial charge in [0, 0.05) is 12.8 Å². The fraction of sp³-hybridized carbons (Fsp3) is 0.721. The third-order valence-corrected chi connectivity index (χ3v) is 8.85. The van der Waals surface area contributed by atoms with E-state index in [-0.39, 0.29) is 30.9 Å². The highest BCUT2D eigenvalue weighted by molar-refractivity contribution is 5.87. The Labute approximate surface area is 316 Å². The van der Waals surface area contributed by atoms with Crippen LogP contribution in [0.15, 0.2) is 48.6 Å². The maximum absolute atomic E-state index is 12.7. The normalized spacial score (nSPS) is 13.0. The van der Waals surface area contributed by atoms with Gasteiger partial charge in [0.1, 0.15) is 12.1 Å². The van der Waals surface area contributed by atoms with E-state index in [1.54, 1.807) is 0 Å². The molecular weight excluding hydrogens is 656 g/mol. The van der Waals surface area contributed by atoms with Crippen LogP contribution in [0.1, 0.15) is 174 Å². The maximum Gasteiger partial charge on any atom is 0.328 e. The molecule has 0 aromatic heterocycles. The van der Waals surface area contributed by atoms with Crippen LogP contribution in [0.4, 0.5) is 0 Å². The molecule has 0 aromatic carbocycles. The highest BCUT2D eigenvalue weighted by Crippen LogP contribution is 2.17. The molecule has 0 fully saturated rings. The predicted octanol–water partition coefficient (Wildman–Crippen LogP) is 9.59. The predicted molar refractivity (Wildman–Crippen MR) is 213 cm³/mol. The molecule has 0 aromatic rings. The van der Waals surface area contributed by atoms with Gasteiger partial charge in [-0.1, -0.05) is 146 Å². The van der Waals surface area contributed by atoms with Gasteiger partial charge in [-0.05, 0) is 64.2 Å². The number of unbranched alkanes of at least 4 members (excludes halogenated alkanes) is 14. The molecule has 0 aliphatic heterocycles. The van der Waals surface area contributed by atoms with Gasteiger partial charge in [-0.15, -0.1) is 0 Å². The molecule has 2 atom stereocenters. The molecule has 0 rings (SSSR count). The second kappa shape index (κ2) is 37.6. The van der Waals surface area contributed by atoms with Crippen molar-refractivity contribution in [3.8, 4) is 0 Å². The van der Waals surface area contributed by atoms with Crippen LogP contribution in [0.25, 0.3) is 0 Å². The summed E-state index contributed by atoms with van der Waals surface area (Å²) < 4.78 is 5.97. The van der Waals surface area contributed by atoms with Crippen LogP contribution in [-0.4, -0.2) is 59.3 Å². The van der Waals surface area contributed by atoms with E-state index in [1.807, 2.05) is 0 Å². The van der Waals surface area contributed by atoms with E-state index in [2.05, 4.69) is 73.1 Å². The number of nitrogens with one attached hydrogen (secondary N) is 2. The molecular formula is C43H74N2O7. The second-order valence-electron chi connectivity index (χ2n) is 13.7. The van der Waals surface area contributed by atoms with Crippen molar-refractivity contribution in [3.05, 3.63) is 48.6 Å². The zero-order valence-electron chi connectivity index (χ0n) is 32.8. The zero-order chi connectivity index (χ0) is 38.3. The minimum Gasteiger partial charge on any atom is -0.480 e. The summed E-state index contributed by atoms with van der Waals surface area (Å²) in [7, 11) is 0. The molecule has 9 heteroatoms. The number of hydrogen-bond acceptors (Lipinski definition) is 6. The Bertz CT molecular complexity index is 1020. The molecule has 0 saturated heterocycles. The maximum atomic E-state index is 12.7. The number of carbonyl (C=O) groups excluding carboxylic acids is 3. The lowest BCUT2D eigenvalue weighted by molar-refractivity contribution is -0.150. The molecule has 0 aliphatic carbocycles. The summed E-state index contributed by atoms with van der Waals surface area (Å²) >= 11 is 0. The van der Waals surface area contributed by atoms with E-state index in [0.29, 0.717) is 12.8 Å². The topological polar surface area (TPSA) is 142 Å². The molecule has 298 valence electrons. The summed E-state index contributed by atoms with van der Waals surface area (Å²) in [6.07, 6.45) is 42.8. The van der Waals surface area contributed by atoms with Gasteiger partial charge in [0.25, 0.3) is 0 Å². The fourth-order valence-electron chi connectivity index (χ4n) is 5.71. The Balaban J connectivity index is 4.44. The van der Waals surface area contributed by atoms with E-state index in [0.717, 1.165) is 83.5 Å². The van der Waals surface area contributed by atoms with Crippen molar-refractivity contribution in [2.45, 2.75) is 187 Å². The lowest BCUT2D eigenvalue weighted by Gasteiger charge is -2.17. The smallest absolute Gasteiger partial charge is 0.328 e. The summed E-state index contributed by atoms with van der Waals surface area (Å²) in [5, 5.41) is 22.5. The molecule has 0 aliphatic rings. The van der Waals surface area contributed by atoms with Crippen molar-refractivity contribution >= 4 is 23.8 Å². The first-order valence-corrected chi connectivity index (χ1v) is 20.5. The highest BCUT2D eigenvalue weighted by Gasteiger charge is 2.19. The first-order chi connectivity index (χ1) is 25.3. The lowest BCUT2D eigenvalue weighted by atomic mass is 10.0. The summed E-state index contributed by atoms with van der Waals surface area (Å²) in [4.78, 5) is 47.5. The number of aliphatic hydroxyl groups excluding tert-OH is 1.